The van der Waals surface area contributed by atoms with Gasteiger partial charge in [-0.1, -0.05) is 43.2 Å². The molecular formula is C22H15F2NS. The first-order valence-electron chi connectivity index (χ1n) is 8.33. The summed E-state index contributed by atoms with van der Waals surface area (Å²) in [6.07, 6.45) is 5.05. The van der Waals surface area contributed by atoms with E-state index in [1.807, 2.05) is 17.3 Å². The zero-order valence-corrected chi connectivity index (χ0v) is 14.8. The molecule has 0 unspecified atom stereocenters. The van der Waals surface area contributed by atoms with Crippen LogP contribution in [0.25, 0.3) is 0 Å². The summed E-state index contributed by atoms with van der Waals surface area (Å²) in [5.74, 6) is 7.46. The van der Waals surface area contributed by atoms with E-state index in [9.17, 15) is 8.78 Å². The molecule has 1 aliphatic rings. The van der Waals surface area contributed by atoms with Crippen molar-refractivity contribution in [2.45, 2.75) is 25.7 Å². The minimum absolute atomic E-state index is 0.00933. The van der Waals surface area contributed by atoms with Crippen LogP contribution >= 0.6 is 12.2 Å². The average Bonchev–Trinajstić information content (AvgIpc) is 2.61. The number of thiocarbonyl (C=S) groups is 1. The first kappa shape index (κ1) is 18.0. The molecule has 0 bridgehead atoms. The monoisotopic (exact) mass is 363 g/mol. The highest BCUT2D eigenvalue weighted by Gasteiger charge is 2.17. The van der Waals surface area contributed by atoms with Gasteiger partial charge in [-0.05, 0) is 60.3 Å². The van der Waals surface area contributed by atoms with E-state index in [1.54, 1.807) is 0 Å². The van der Waals surface area contributed by atoms with Gasteiger partial charge in [0, 0.05) is 5.56 Å². The zero-order chi connectivity index (χ0) is 18.4. The van der Waals surface area contributed by atoms with Gasteiger partial charge < -0.3 is 0 Å². The largest absolute Gasteiger partial charge is 0.206 e. The van der Waals surface area contributed by atoms with Gasteiger partial charge in [0.05, 0.1) is 22.3 Å². The second-order valence-electron chi connectivity index (χ2n) is 6.20. The molecule has 1 aliphatic carbocycles. The number of hydrogen-bond acceptors (Lipinski definition) is 2. The normalized spacial score (nSPS) is 12.7. The maximum absolute atomic E-state index is 14.1. The third-order valence-corrected chi connectivity index (χ3v) is 4.48. The van der Waals surface area contributed by atoms with Crippen molar-refractivity contribution < 1.29 is 8.78 Å². The fraction of sp³-hybridized carbons (Fsp3) is 0.227. The summed E-state index contributed by atoms with van der Waals surface area (Å²) in [6, 6.07) is 12.2. The highest BCUT2D eigenvalue weighted by atomic mass is 32.1. The molecule has 2 aromatic carbocycles. The molecule has 3 rings (SSSR count). The number of halogens is 2. The third kappa shape index (κ3) is 4.64. The standard InChI is InChI=1S/C22H15F2NS/c23-21-14-20(10-11-25-15-26)22(24)13-19(21)9-8-16-4-6-18(7-5-16)12-17-2-1-3-17/h4-7,13-14,17H,1-3,12H2. The lowest BCUT2D eigenvalue weighted by Gasteiger charge is -2.25. The van der Waals surface area contributed by atoms with Gasteiger partial charge in [0.1, 0.15) is 11.6 Å². The van der Waals surface area contributed by atoms with Crippen LogP contribution in [-0.2, 0) is 6.42 Å². The number of hydrogen-bond donors (Lipinski definition) is 0. The van der Waals surface area contributed by atoms with Crippen molar-refractivity contribution in [2.24, 2.45) is 10.9 Å². The van der Waals surface area contributed by atoms with Crippen LogP contribution in [0.15, 0.2) is 41.4 Å². The van der Waals surface area contributed by atoms with Crippen LogP contribution in [0, 0.1) is 41.4 Å². The molecule has 1 fully saturated rings. The lowest BCUT2D eigenvalue weighted by molar-refractivity contribution is 0.314. The van der Waals surface area contributed by atoms with Gasteiger partial charge in [0.15, 0.2) is 0 Å². The van der Waals surface area contributed by atoms with Gasteiger partial charge >= 0.3 is 0 Å². The van der Waals surface area contributed by atoms with Crippen LogP contribution in [0.2, 0.25) is 0 Å². The van der Waals surface area contributed by atoms with Crippen molar-refractivity contribution in [2.75, 3.05) is 0 Å². The molecule has 128 valence electrons. The van der Waals surface area contributed by atoms with Crippen molar-refractivity contribution >= 4 is 17.4 Å². The second kappa shape index (κ2) is 8.54. The van der Waals surface area contributed by atoms with Gasteiger partial charge in [0.25, 0.3) is 0 Å². The van der Waals surface area contributed by atoms with Crippen molar-refractivity contribution in [1.29, 1.82) is 0 Å². The lowest BCUT2D eigenvalue weighted by atomic mass is 9.81. The molecule has 0 amide bonds. The fourth-order valence-corrected chi connectivity index (χ4v) is 2.79. The summed E-state index contributed by atoms with van der Waals surface area (Å²) in [4.78, 5) is 3.36. The molecule has 0 aliphatic heterocycles. The van der Waals surface area contributed by atoms with E-state index in [-0.39, 0.29) is 11.1 Å². The quantitative estimate of drug-likeness (QED) is 0.410. The SMILES string of the molecule is Fc1cc(C#Cc2ccc(CC3CCC3)cc2)c(F)cc1C#CN=C=S. The van der Waals surface area contributed by atoms with Gasteiger partial charge in [-0.15, -0.1) is 4.99 Å². The van der Waals surface area contributed by atoms with E-state index < -0.39 is 11.6 Å². The summed E-state index contributed by atoms with van der Waals surface area (Å²) in [5, 5.41) is 2.04. The smallest absolute Gasteiger partial charge is 0.140 e. The summed E-state index contributed by atoms with van der Waals surface area (Å²) < 4.78 is 28.1. The third-order valence-electron chi connectivity index (χ3n) is 4.39. The van der Waals surface area contributed by atoms with E-state index >= 15 is 0 Å². The molecule has 1 nitrogen and oxygen atoms in total. The van der Waals surface area contributed by atoms with E-state index in [0.717, 1.165) is 30.0 Å². The highest BCUT2D eigenvalue weighted by molar-refractivity contribution is 7.78. The van der Waals surface area contributed by atoms with Crippen molar-refractivity contribution in [1.82, 2.24) is 0 Å². The molecule has 0 atom stereocenters. The van der Waals surface area contributed by atoms with Crippen LogP contribution in [-0.4, -0.2) is 5.16 Å². The van der Waals surface area contributed by atoms with Crippen molar-refractivity contribution in [3.63, 3.8) is 0 Å². The Morgan fingerprint density at radius 1 is 0.962 bits per heavy atom. The Bertz CT molecular complexity index is 977. The maximum atomic E-state index is 14.1. The summed E-state index contributed by atoms with van der Waals surface area (Å²) in [7, 11) is 0. The number of rotatable bonds is 2. The molecule has 4 heteroatoms. The Labute approximate surface area is 157 Å². The molecule has 0 aromatic heterocycles. The number of aliphatic imine (C=N–C) groups is 1. The van der Waals surface area contributed by atoms with Gasteiger partial charge in [0.2, 0.25) is 0 Å². The van der Waals surface area contributed by atoms with Gasteiger partial charge in [-0.3, -0.25) is 0 Å². The Morgan fingerprint density at radius 3 is 2.19 bits per heavy atom. The van der Waals surface area contributed by atoms with Crippen molar-refractivity contribution in [3.8, 4) is 23.8 Å². The molecule has 26 heavy (non-hydrogen) atoms. The maximum Gasteiger partial charge on any atom is 0.140 e. The lowest BCUT2D eigenvalue weighted by Crippen LogP contribution is -2.13. The second-order valence-corrected chi connectivity index (χ2v) is 6.38. The molecule has 0 spiro atoms. The van der Waals surface area contributed by atoms with Crippen LogP contribution in [0.3, 0.4) is 0 Å². The van der Waals surface area contributed by atoms with Crippen molar-refractivity contribution in [3.05, 3.63) is 70.3 Å². The minimum Gasteiger partial charge on any atom is -0.206 e. The Morgan fingerprint density at radius 2 is 1.62 bits per heavy atom. The molecule has 0 heterocycles. The van der Waals surface area contributed by atoms with E-state index in [4.69, 9.17) is 0 Å². The minimum atomic E-state index is -0.654. The zero-order valence-electron chi connectivity index (χ0n) is 14.0. The van der Waals surface area contributed by atoms with Gasteiger partial charge in [-0.25, -0.2) is 8.78 Å². The van der Waals surface area contributed by atoms with E-state index in [1.165, 1.54) is 24.8 Å². The Kier molecular flexibility index (Phi) is 5.92. The molecular weight excluding hydrogens is 348 g/mol. The topological polar surface area (TPSA) is 12.4 Å². The fourth-order valence-electron chi connectivity index (χ4n) is 2.74. The average molecular weight is 363 g/mol. The number of nitrogens with zero attached hydrogens (tertiary/aromatic N) is 1. The summed E-state index contributed by atoms with van der Waals surface area (Å²) >= 11 is 4.36. The highest BCUT2D eigenvalue weighted by Crippen LogP contribution is 2.29. The molecule has 0 radical (unpaired) electrons. The predicted molar refractivity (Wildman–Crippen MR) is 102 cm³/mol. The summed E-state index contributed by atoms with van der Waals surface area (Å²) in [5.41, 5.74) is 1.95. The molecule has 0 N–H and O–H groups in total. The van der Waals surface area contributed by atoms with Crippen LogP contribution in [0.1, 0.15) is 41.5 Å². The molecule has 0 saturated heterocycles. The Hall–Kier alpha value is -2.78. The molecule has 1 saturated carbocycles. The number of benzene rings is 2. The predicted octanol–water partition coefficient (Wildman–Crippen LogP) is 5.12. The Balaban J connectivity index is 1.75. The van der Waals surface area contributed by atoms with E-state index in [0.29, 0.717) is 0 Å². The molecule has 2 aromatic rings. The van der Waals surface area contributed by atoms with Gasteiger partial charge in [-0.2, -0.15) is 0 Å². The first-order valence-corrected chi connectivity index (χ1v) is 8.74. The van der Waals surface area contributed by atoms with Crippen LogP contribution in [0.4, 0.5) is 8.78 Å². The summed E-state index contributed by atoms with van der Waals surface area (Å²) in [6.45, 7) is 0. The van der Waals surface area contributed by atoms with Crippen LogP contribution < -0.4 is 0 Å². The van der Waals surface area contributed by atoms with E-state index in [2.05, 4.69) is 53.1 Å². The first-order chi connectivity index (χ1) is 12.7. The van der Waals surface area contributed by atoms with Crippen LogP contribution in [0.5, 0.6) is 0 Å². The number of isothiocyanates is 1.